The fourth-order valence-electron chi connectivity index (χ4n) is 0.614. The van der Waals surface area contributed by atoms with E-state index in [0.717, 1.165) is 19.3 Å². The number of primary amides is 2. The van der Waals surface area contributed by atoms with E-state index in [2.05, 4.69) is 0 Å². The van der Waals surface area contributed by atoms with Crippen LogP contribution >= 0.6 is 0 Å². The zero-order valence-electron chi connectivity index (χ0n) is 7.38. The van der Waals surface area contributed by atoms with Crippen molar-refractivity contribution in [3.63, 3.8) is 0 Å². The molecule has 0 aromatic carbocycles. The average molecular weight is 172 g/mol. The summed E-state index contributed by atoms with van der Waals surface area (Å²) in [4.78, 5) is 19.8. The first-order valence-corrected chi connectivity index (χ1v) is 4.15. The lowest BCUT2D eigenvalue weighted by Crippen LogP contribution is -2.11. The van der Waals surface area contributed by atoms with Crippen LogP contribution in [0.4, 0.5) is 0 Å². The molecule has 1 fully saturated rings. The lowest BCUT2D eigenvalue weighted by Gasteiger charge is -1.81. The predicted molar refractivity (Wildman–Crippen MR) is 46.0 cm³/mol. The second-order valence-corrected chi connectivity index (χ2v) is 2.89. The molecule has 70 valence electrons. The molecule has 1 aliphatic carbocycles. The van der Waals surface area contributed by atoms with Gasteiger partial charge >= 0.3 is 0 Å². The van der Waals surface area contributed by atoms with Gasteiger partial charge in [0.05, 0.1) is 0 Å². The highest BCUT2D eigenvalue weighted by atomic mass is 16.1. The Bertz CT molecular complexity index is 164. The number of carbonyl (C=O) groups excluding carboxylic acids is 2. The molecular formula is C8H16N2O2. The molecule has 0 atom stereocenters. The first-order valence-electron chi connectivity index (χ1n) is 4.15. The van der Waals surface area contributed by atoms with Crippen LogP contribution in [0.5, 0.6) is 0 Å². The van der Waals surface area contributed by atoms with E-state index in [4.69, 9.17) is 11.5 Å². The first-order chi connectivity index (χ1) is 5.57. The minimum Gasteiger partial charge on any atom is -0.370 e. The van der Waals surface area contributed by atoms with Crippen molar-refractivity contribution >= 4 is 11.8 Å². The van der Waals surface area contributed by atoms with Crippen LogP contribution in [0.2, 0.25) is 0 Å². The summed E-state index contributed by atoms with van der Waals surface area (Å²) in [7, 11) is 0. The lowest BCUT2D eigenvalue weighted by atomic mass is 10.3. The van der Waals surface area contributed by atoms with E-state index in [1.54, 1.807) is 0 Å². The summed E-state index contributed by atoms with van der Waals surface area (Å²) in [6.45, 7) is 1.92. The van der Waals surface area contributed by atoms with Crippen molar-refractivity contribution in [3.05, 3.63) is 0 Å². The molecule has 2 amide bonds. The Balaban J connectivity index is 0.000000202. The molecular weight excluding hydrogens is 156 g/mol. The van der Waals surface area contributed by atoms with Gasteiger partial charge in [-0.1, -0.05) is 6.92 Å². The maximum absolute atomic E-state index is 9.98. The number of carbonyl (C=O) groups is 2. The molecule has 0 unspecified atom stereocenters. The molecule has 0 radical (unpaired) electrons. The van der Waals surface area contributed by atoms with E-state index < -0.39 is 0 Å². The van der Waals surface area contributed by atoms with Gasteiger partial charge in [-0.05, 0) is 19.3 Å². The van der Waals surface area contributed by atoms with Gasteiger partial charge in [-0.2, -0.15) is 0 Å². The summed E-state index contributed by atoms with van der Waals surface area (Å²) >= 11 is 0. The van der Waals surface area contributed by atoms with E-state index in [1.807, 2.05) is 6.92 Å². The third-order valence-electron chi connectivity index (χ3n) is 1.48. The Morgan fingerprint density at radius 1 is 1.33 bits per heavy atom. The van der Waals surface area contributed by atoms with Gasteiger partial charge < -0.3 is 11.5 Å². The highest BCUT2D eigenvalue weighted by Crippen LogP contribution is 2.27. The fourth-order valence-corrected chi connectivity index (χ4v) is 0.614. The molecule has 1 rings (SSSR count). The smallest absolute Gasteiger partial charge is 0.220 e. The molecule has 4 N–H and O–H groups in total. The van der Waals surface area contributed by atoms with Crippen LogP contribution in [0.3, 0.4) is 0 Å². The van der Waals surface area contributed by atoms with Gasteiger partial charge in [-0.3, -0.25) is 9.59 Å². The number of hydrogen-bond acceptors (Lipinski definition) is 2. The van der Waals surface area contributed by atoms with Gasteiger partial charge in [0.2, 0.25) is 11.8 Å². The Labute approximate surface area is 72.3 Å². The molecule has 4 nitrogen and oxygen atoms in total. The van der Waals surface area contributed by atoms with Crippen LogP contribution in [-0.4, -0.2) is 11.8 Å². The summed E-state index contributed by atoms with van der Waals surface area (Å²) in [6, 6.07) is 0. The first kappa shape index (κ1) is 10.9. The Morgan fingerprint density at radius 3 is 1.83 bits per heavy atom. The van der Waals surface area contributed by atoms with Crippen molar-refractivity contribution in [1.29, 1.82) is 0 Å². The Kier molecular flexibility index (Phi) is 5.08. The Hall–Kier alpha value is -1.06. The number of nitrogens with two attached hydrogens (primary N) is 2. The minimum atomic E-state index is -0.211. The van der Waals surface area contributed by atoms with Crippen LogP contribution in [0.25, 0.3) is 0 Å². The van der Waals surface area contributed by atoms with Crippen molar-refractivity contribution in [1.82, 2.24) is 0 Å². The van der Waals surface area contributed by atoms with Gasteiger partial charge in [0.1, 0.15) is 0 Å². The van der Waals surface area contributed by atoms with Crippen molar-refractivity contribution in [2.75, 3.05) is 0 Å². The van der Waals surface area contributed by atoms with Crippen molar-refractivity contribution < 1.29 is 9.59 Å². The molecule has 1 aliphatic rings. The minimum absolute atomic E-state index is 0.130. The van der Waals surface area contributed by atoms with Gasteiger partial charge in [0.25, 0.3) is 0 Å². The number of hydrogen-bond donors (Lipinski definition) is 2. The van der Waals surface area contributed by atoms with E-state index in [0.29, 0.717) is 6.42 Å². The average Bonchev–Trinajstić information content (AvgIpc) is 2.67. The molecule has 0 saturated heterocycles. The van der Waals surface area contributed by atoms with Crippen LogP contribution in [0, 0.1) is 5.92 Å². The monoisotopic (exact) mass is 172 g/mol. The van der Waals surface area contributed by atoms with Crippen LogP contribution in [0.1, 0.15) is 32.6 Å². The van der Waals surface area contributed by atoms with E-state index >= 15 is 0 Å². The summed E-state index contributed by atoms with van der Waals surface area (Å²) < 4.78 is 0. The largest absolute Gasteiger partial charge is 0.370 e. The third-order valence-corrected chi connectivity index (χ3v) is 1.48. The van der Waals surface area contributed by atoms with Crippen molar-refractivity contribution in [2.24, 2.45) is 17.4 Å². The Morgan fingerprint density at radius 2 is 1.83 bits per heavy atom. The van der Waals surface area contributed by atoms with Gasteiger partial charge in [-0.25, -0.2) is 0 Å². The maximum Gasteiger partial charge on any atom is 0.220 e. The van der Waals surface area contributed by atoms with E-state index in [9.17, 15) is 9.59 Å². The zero-order chi connectivity index (χ0) is 9.56. The van der Waals surface area contributed by atoms with Gasteiger partial charge in [-0.15, -0.1) is 0 Å². The quantitative estimate of drug-likeness (QED) is 0.635. The highest BCUT2D eigenvalue weighted by molar-refractivity contribution is 5.78. The summed E-state index contributed by atoms with van der Waals surface area (Å²) in [6.07, 6.45) is 3.42. The summed E-state index contributed by atoms with van der Waals surface area (Å²) in [5, 5.41) is 0. The van der Waals surface area contributed by atoms with Crippen molar-refractivity contribution in [3.8, 4) is 0 Å². The third kappa shape index (κ3) is 7.05. The molecule has 4 heteroatoms. The number of rotatable bonds is 3. The standard InChI is InChI=1S/C4H7NO.C4H9NO/c5-4(6)3-1-2-3;1-2-3-4(5)6/h3H,1-2H2,(H2,5,6);2-3H2,1H3,(H2,5,6). The molecule has 1 saturated carbocycles. The molecule has 0 spiro atoms. The molecule has 0 bridgehead atoms. The van der Waals surface area contributed by atoms with Crippen molar-refractivity contribution in [2.45, 2.75) is 32.6 Å². The molecule has 0 aliphatic heterocycles. The maximum atomic E-state index is 9.98. The van der Waals surface area contributed by atoms with Gasteiger partial charge in [0, 0.05) is 12.3 Å². The zero-order valence-corrected chi connectivity index (χ0v) is 7.38. The molecule has 0 heterocycles. The SMILES string of the molecule is CCCC(N)=O.NC(=O)C1CC1. The number of amides is 2. The molecule has 12 heavy (non-hydrogen) atoms. The topological polar surface area (TPSA) is 86.2 Å². The summed E-state index contributed by atoms with van der Waals surface area (Å²) in [5.74, 6) is -0.0995. The normalized spacial score (nSPS) is 14.4. The van der Waals surface area contributed by atoms with E-state index in [-0.39, 0.29) is 17.7 Å². The second-order valence-electron chi connectivity index (χ2n) is 2.89. The molecule has 0 aromatic heterocycles. The van der Waals surface area contributed by atoms with Crippen LogP contribution in [-0.2, 0) is 9.59 Å². The van der Waals surface area contributed by atoms with Crippen LogP contribution < -0.4 is 11.5 Å². The predicted octanol–water partition coefficient (Wildman–Crippen LogP) is 0.153. The molecule has 0 aromatic rings. The van der Waals surface area contributed by atoms with E-state index in [1.165, 1.54) is 0 Å². The van der Waals surface area contributed by atoms with Gasteiger partial charge in [0.15, 0.2) is 0 Å². The summed E-state index contributed by atoms with van der Waals surface area (Å²) in [5.41, 5.74) is 9.62. The van der Waals surface area contributed by atoms with Crippen LogP contribution in [0.15, 0.2) is 0 Å². The highest BCUT2D eigenvalue weighted by Gasteiger charge is 2.26. The fraction of sp³-hybridized carbons (Fsp3) is 0.750. The lowest BCUT2D eigenvalue weighted by molar-refractivity contribution is -0.119. The second kappa shape index (κ2) is 5.57.